The molecule has 1 N–H and O–H groups in total. The van der Waals surface area contributed by atoms with Gasteiger partial charge < -0.3 is 15.0 Å². The molecule has 1 aromatic carbocycles. The molecular formula is C19H24N4O2. The molecule has 0 spiro atoms. The Morgan fingerprint density at radius 3 is 2.72 bits per heavy atom. The van der Waals surface area contributed by atoms with Crippen LogP contribution in [0.2, 0.25) is 0 Å². The normalized spacial score (nSPS) is 15.6. The molecule has 0 saturated carbocycles. The first-order valence-electron chi connectivity index (χ1n) is 8.75. The summed E-state index contributed by atoms with van der Waals surface area (Å²) < 4.78 is 5.36. The number of amides is 1. The lowest BCUT2D eigenvalue weighted by Gasteiger charge is -2.26. The number of anilines is 1. The Hall–Kier alpha value is -2.47. The van der Waals surface area contributed by atoms with E-state index in [2.05, 4.69) is 20.2 Å². The van der Waals surface area contributed by atoms with Crippen LogP contribution in [0.5, 0.6) is 0 Å². The van der Waals surface area contributed by atoms with E-state index in [4.69, 9.17) is 4.74 Å². The van der Waals surface area contributed by atoms with Crippen LogP contribution >= 0.6 is 0 Å². The van der Waals surface area contributed by atoms with Crippen molar-refractivity contribution < 1.29 is 9.53 Å². The molecule has 1 aliphatic rings. The summed E-state index contributed by atoms with van der Waals surface area (Å²) in [4.78, 5) is 23.6. The number of morpholine rings is 1. The Kier molecular flexibility index (Phi) is 5.95. The van der Waals surface area contributed by atoms with Gasteiger partial charge in [0.2, 0.25) is 11.9 Å². The third-order valence-corrected chi connectivity index (χ3v) is 4.36. The van der Waals surface area contributed by atoms with Gasteiger partial charge >= 0.3 is 0 Å². The van der Waals surface area contributed by atoms with E-state index in [1.807, 2.05) is 43.3 Å². The Morgan fingerprint density at radius 1 is 1.24 bits per heavy atom. The number of ether oxygens (including phenoxy) is 1. The molecule has 132 valence electrons. The van der Waals surface area contributed by atoms with E-state index in [0.717, 1.165) is 30.8 Å². The lowest BCUT2D eigenvalue weighted by atomic mass is 9.96. The molecule has 0 radical (unpaired) electrons. The van der Waals surface area contributed by atoms with Gasteiger partial charge in [0.15, 0.2) is 0 Å². The van der Waals surface area contributed by atoms with Crippen molar-refractivity contribution in [2.45, 2.75) is 25.8 Å². The number of hydrogen-bond donors (Lipinski definition) is 1. The maximum Gasteiger partial charge on any atom is 0.227 e. The summed E-state index contributed by atoms with van der Waals surface area (Å²) in [6.07, 6.45) is 2.51. The number of nitrogens with zero attached hydrogens (tertiary/aromatic N) is 3. The highest BCUT2D eigenvalue weighted by Gasteiger charge is 2.18. The second-order valence-electron chi connectivity index (χ2n) is 6.04. The standard InChI is InChI=1S/C19H24N4O2/c1-2-17(15-6-4-3-5-7-15)18(24)21-14-16-8-9-20-19(22-16)23-10-12-25-13-11-23/h3-9,17H,2,10-14H2,1H3,(H,21,24)/t17-/m1/s1. The van der Waals surface area contributed by atoms with Crippen LogP contribution < -0.4 is 10.2 Å². The highest BCUT2D eigenvalue weighted by molar-refractivity contribution is 5.83. The molecule has 1 aliphatic heterocycles. The first-order valence-corrected chi connectivity index (χ1v) is 8.75. The summed E-state index contributed by atoms with van der Waals surface area (Å²) in [5.41, 5.74) is 1.85. The number of carbonyl (C=O) groups excluding carboxylic acids is 1. The van der Waals surface area contributed by atoms with Gasteiger partial charge in [-0.25, -0.2) is 9.97 Å². The molecule has 2 heterocycles. The zero-order valence-corrected chi connectivity index (χ0v) is 14.5. The third kappa shape index (κ3) is 4.54. The Labute approximate surface area is 148 Å². The molecule has 6 nitrogen and oxygen atoms in total. The quantitative estimate of drug-likeness (QED) is 0.872. The lowest BCUT2D eigenvalue weighted by molar-refractivity contribution is -0.122. The van der Waals surface area contributed by atoms with Crippen molar-refractivity contribution in [2.75, 3.05) is 31.2 Å². The van der Waals surface area contributed by atoms with Crippen molar-refractivity contribution >= 4 is 11.9 Å². The predicted octanol–water partition coefficient (Wildman–Crippen LogP) is 2.12. The molecule has 2 aromatic rings. The summed E-state index contributed by atoms with van der Waals surface area (Å²) in [5.74, 6) is 0.590. The molecule has 1 amide bonds. The van der Waals surface area contributed by atoms with Gasteiger partial charge in [0.05, 0.1) is 31.4 Å². The van der Waals surface area contributed by atoms with Crippen molar-refractivity contribution in [3.63, 3.8) is 0 Å². The number of carbonyl (C=O) groups is 1. The predicted molar refractivity (Wildman–Crippen MR) is 96.4 cm³/mol. The molecule has 3 rings (SSSR count). The largest absolute Gasteiger partial charge is 0.378 e. The minimum Gasteiger partial charge on any atom is -0.378 e. The second kappa shape index (κ2) is 8.58. The van der Waals surface area contributed by atoms with Gasteiger partial charge in [0.1, 0.15) is 0 Å². The van der Waals surface area contributed by atoms with Gasteiger partial charge in [-0.2, -0.15) is 0 Å². The Morgan fingerprint density at radius 2 is 2.00 bits per heavy atom. The lowest BCUT2D eigenvalue weighted by Crippen LogP contribution is -2.37. The molecule has 0 unspecified atom stereocenters. The van der Waals surface area contributed by atoms with Crippen LogP contribution in [0.1, 0.15) is 30.5 Å². The second-order valence-corrected chi connectivity index (χ2v) is 6.04. The smallest absolute Gasteiger partial charge is 0.227 e. The number of nitrogens with one attached hydrogen (secondary N) is 1. The monoisotopic (exact) mass is 340 g/mol. The summed E-state index contributed by atoms with van der Waals surface area (Å²) in [6, 6.07) is 11.7. The van der Waals surface area contributed by atoms with Gasteiger partial charge in [-0.3, -0.25) is 4.79 Å². The molecule has 25 heavy (non-hydrogen) atoms. The summed E-state index contributed by atoms with van der Waals surface area (Å²) >= 11 is 0. The van der Waals surface area contributed by atoms with Crippen LogP contribution in [-0.4, -0.2) is 42.2 Å². The van der Waals surface area contributed by atoms with Crippen molar-refractivity contribution in [3.8, 4) is 0 Å². The molecule has 6 heteroatoms. The zero-order valence-electron chi connectivity index (χ0n) is 14.5. The SMILES string of the molecule is CC[C@@H](C(=O)NCc1ccnc(N2CCOCC2)n1)c1ccccc1. The van der Waals surface area contributed by atoms with Crippen LogP contribution in [0.4, 0.5) is 5.95 Å². The molecular weight excluding hydrogens is 316 g/mol. The molecule has 1 fully saturated rings. The summed E-state index contributed by atoms with van der Waals surface area (Å²) in [7, 11) is 0. The van der Waals surface area contributed by atoms with Crippen LogP contribution in [0, 0.1) is 0 Å². The maximum atomic E-state index is 12.6. The maximum absolute atomic E-state index is 12.6. The van der Waals surface area contributed by atoms with Gasteiger partial charge in [0.25, 0.3) is 0 Å². The Balaban J connectivity index is 1.61. The van der Waals surface area contributed by atoms with E-state index in [-0.39, 0.29) is 11.8 Å². The number of hydrogen-bond acceptors (Lipinski definition) is 5. The van der Waals surface area contributed by atoms with E-state index >= 15 is 0 Å². The molecule has 1 aromatic heterocycles. The van der Waals surface area contributed by atoms with Crippen LogP contribution in [0.15, 0.2) is 42.6 Å². The zero-order chi connectivity index (χ0) is 17.5. The van der Waals surface area contributed by atoms with Crippen molar-refractivity contribution in [1.82, 2.24) is 15.3 Å². The van der Waals surface area contributed by atoms with Gasteiger partial charge in [-0.1, -0.05) is 37.3 Å². The van der Waals surface area contributed by atoms with Crippen molar-refractivity contribution in [1.29, 1.82) is 0 Å². The summed E-state index contributed by atoms with van der Waals surface area (Å²) in [6.45, 7) is 5.41. The van der Waals surface area contributed by atoms with Crippen LogP contribution in [0.25, 0.3) is 0 Å². The third-order valence-electron chi connectivity index (χ3n) is 4.36. The van der Waals surface area contributed by atoms with E-state index in [1.165, 1.54) is 0 Å². The first-order chi connectivity index (χ1) is 12.3. The van der Waals surface area contributed by atoms with Crippen LogP contribution in [-0.2, 0) is 16.1 Å². The molecule has 0 bridgehead atoms. The minimum atomic E-state index is -0.137. The summed E-state index contributed by atoms with van der Waals surface area (Å²) in [5, 5.41) is 3.01. The van der Waals surface area contributed by atoms with Crippen LogP contribution in [0.3, 0.4) is 0 Å². The minimum absolute atomic E-state index is 0.0280. The number of aromatic nitrogens is 2. The highest BCUT2D eigenvalue weighted by atomic mass is 16.5. The highest BCUT2D eigenvalue weighted by Crippen LogP contribution is 2.19. The molecule has 0 aliphatic carbocycles. The number of rotatable bonds is 6. The van der Waals surface area contributed by atoms with Gasteiger partial charge in [-0.05, 0) is 18.1 Å². The average Bonchev–Trinajstić information content (AvgIpc) is 2.69. The van der Waals surface area contributed by atoms with Gasteiger partial charge in [-0.15, -0.1) is 0 Å². The topological polar surface area (TPSA) is 67.4 Å². The molecule has 1 atom stereocenters. The van der Waals surface area contributed by atoms with E-state index < -0.39 is 0 Å². The fourth-order valence-corrected chi connectivity index (χ4v) is 2.96. The Bertz CT molecular complexity index is 687. The van der Waals surface area contributed by atoms with E-state index in [1.54, 1.807) is 6.20 Å². The van der Waals surface area contributed by atoms with E-state index in [9.17, 15) is 4.79 Å². The average molecular weight is 340 g/mol. The number of benzene rings is 1. The van der Waals surface area contributed by atoms with E-state index in [0.29, 0.717) is 25.7 Å². The fraction of sp³-hybridized carbons (Fsp3) is 0.421. The first kappa shape index (κ1) is 17.4. The fourth-order valence-electron chi connectivity index (χ4n) is 2.96. The van der Waals surface area contributed by atoms with Crippen molar-refractivity contribution in [2.24, 2.45) is 0 Å². The molecule has 1 saturated heterocycles. The van der Waals surface area contributed by atoms with Crippen molar-refractivity contribution in [3.05, 3.63) is 53.9 Å². The van der Waals surface area contributed by atoms with Gasteiger partial charge in [0, 0.05) is 19.3 Å².